The van der Waals surface area contributed by atoms with Crippen LogP contribution in [0.15, 0.2) is 36.4 Å². The summed E-state index contributed by atoms with van der Waals surface area (Å²) < 4.78 is 6.37. The highest BCUT2D eigenvalue weighted by Crippen LogP contribution is 2.34. The second-order valence-electron chi connectivity index (χ2n) is 5.68. The first-order valence-electron chi connectivity index (χ1n) is 7.52. The van der Waals surface area contributed by atoms with Crippen molar-refractivity contribution < 1.29 is 9.53 Å². The number of aromatic nitrogens is 1. The van der Waals surface area contributed by atoms with Crippen molar-refractivity contribution >= 4 is 38.3 Å². The highest BCUT2D eigenvalue weighted by Gasteiger charge is 2.14. The van der Waals surface area contributed by atoms with Crippen molar-refractivity contribution in [1.29, 1.82) is 0 Å². The Kier molecular flexibility index (Phi) is 4.40. The number of amides is 1. The normalized spacial score (nSPS) is 10.7. The largest absolute Gasteiger partial charge is 0.494 e. The highest BCUT2D eigenvalue weighted by atomic mass is 32.1. The van der Waals surface area contributed by atoms with E-state index in [1.165, 1.54) is 11.3 Å². The molecule has 0 atom stereocenters. The van der Waals surface area contributed by atoms with Gasteiger partial charge in [-0.05, 0) is 42.8 Å². The Balaban J connectivity index is 1.86. The van der Waals surface area contributed by atoms with Crippen LogP contribution in [0.2, 0.25) is 0 Å². The summed E-state index contributed by atoms with van der Waals surface area (Å²) >= 11 is 1.45. The van der Waals surface area contributed by atoms with Gasteiger partial charge in [0.15, 0.2) is 5.13 Å². The summed E-state index contributed by atoms with van der Waals surface area (Å²) in [6, 6.07) is 11.3. The van der Waals surface area contributed by atoms with E-state index in [1.54, 1.807) is 7.11 Å². The highest BCUT2D eigenvalue weighted by molar-refractivity contribution is 7.22. The molecular weight excluding hydrogens is 322 g/mol. The summed E-state index contributed by atoms with van der Waals surface area (Å²) in [6.07, 6.45) is 0. The monoisotopic (exact) mass is 341 g/mol. The molecule has 1 aromatic heterocycles. The lowest BCUT2D eigenvalue weighted by molar-refractivity contribution is 0.102. The Morgan fingerprint density at radius 3 is 2.50 bits per heavy atom. The molecule has 0 fully saturated rings. The molecule has 5 nitrogen and oxygen atoms in total. The van der Waals surface area contributed by atoms with Gasteiger partial charge in [0, 0.05) is 25.3 Å². The molecule has 3 rings (SSSR count). The van der Waals surface area contributed by atoms with Gasteiger partial charge in [0.2, 0.25) is 0 Å². The predicted octanol–water partition coefficient (Wildman–Crippen LogP) is 3.93. The number of nitrogens with zero attached hydrogens (tertiary/aromatic N) is 2. The third-order valence-electron chi connectivity index (χ3n) is 3.79. The van der Waals surface area contributed by atoms with Crippen molar-refractivity contribution in [2.24, 2.45) is 0 Å². The number of rotatable bonds is 4. The van der Waals surface area contributed by atoms with Crippen molar-refractivity contribution in [3.8, 4) is 5.75 Å². The maximum Gasteiger partial charge on any atom is 0.257 e. The molecular formula is C18H19N3O2S. The number of methoxy groups -OCH3 is 1. The number of hydrogen-bond acceptors (Lipinski definition) is 5. The second-order valence-corrected chi connectivity index (χ2v) is 6.68. The van der Waals surface area contributed by atoms with Crippen molar-refractivity contribution in [3.05, 3.63) is 47.5 Å². The van der Waals surface area contributed by atoms with Crippen LogP contribution >= 0.6 is 11.3 Å². The molecule has 24 heavy (non-hydrogen) atoms. The van der Waals surface area contributed by atoms with E-state index in [1.807, 2.05) is 62.3 Å². The molecule has 124 valence electrons. The van der Waals surface area contributed by atoms with Gasteiger partial charge < -0.3 is 9.64 Å². The number of ether oxygens (including phenoxy) is 1. The summed E-state index contributed by atoms with van der Waals surface area (Å²) in [6.45, 7) is 2.02. The van der Waals surface area contributed by atoms with Crippen molar-refractivity contribution in [1.82, 2.24) is 4.98 Å². The van der Waals surface area contributed by atoms with E-state index in [2.05, 4.69) is 10.3 Å². The van der Waals surface area contributed by atoms with Gasteiger partial charge in [0.1, 0.15) is 11.3 Å². The maximum atomic E-state index is 12.4. The molecule has 0 radical (unpaired) electrons. The molecule has 1 heterocycles. The first-order chi connectivity index (χ1) is 11.5. The van der Waals surface area contributed by atoms with Crippen LogP contribution in [-0.2, 0) is 0 Å². The van der Waals surface area contributed by atoms with E-state index in [9.17, 15) is 4.79 Å². The molecule has 0 bridgehead atoms. The third kappa shape index (κ3) is 3.05. The minimum absolute atomic E-state index is 0.170. The SMILES string of the molecule is COc1ccc(C)c2sc(NC(=O)c3ccc(N(C)C)cc3)nc12. The van der Waals surface area contributed by atoms with Crippen LogP contribution < -0.4 is 15.0 Å². The lowest BCUT2D eigenvalue weighted by Gasteiger charge is -2.12. The number of nitrogens with one attached hydrogen (secondary N) is 1. The van der Waals surface area contributed by atoms with E-state index >= 15 is 0 Å². The lowest BCUT2D eigenvalue weighted by Crippen LogP contribution is -2.13. The summed E-state index contributed by atoms with van der Waals surface area (Å²) in [5.41, 5.74) is 3.54. The summed E-state index contributed by atoms with van der Waals surface area (Å²) in [5.74, 6) is 0.540. The van der Waals surface area contributed by atoms with Crippen LogP contribution in [0.5, 0.6) is 5.75 Å². The van der Waals surface area contributed by atoms with Crippen molar-refractivity contribution in [3.63, 3.8) is 0 Å². The molecule has 0 aliphatic heterocycles. The fourth-order valence-corrected chi connectivity index (χ4v) is 3.35. The van der Waals surface area contributed by atoms with Gasteiger partial charge in [0.05, 0.1) is 11.8 Å². The summed E-state index contributed by atoms with van der Waals surface area (Å²) in [4.78, 5) is 18.9. The van der Waals surface area contributed by atoms with E-state index in [4.69, 9.17) is 4.74 Å². The van der Waals surface area contributed by atoms with Gasteiger partial charge in [0.25, 0.3) is 5.91 Å². The smallest absolute Gasteiger partial charge is 0.257 e. The van der Waals surface area contributed by atoms with Gasteiger partial charge in [-0.15, -0.1) is 0 Å². The molecule has 6 heteroatoms. The number of hydrogen-bond donors (Lipinski definition) is 1. The minimum atomic E-state index is -0.170. The van der Waals surface area contributed by atoms with Crippen LogP contribution in [0.3, 0.4) is 0 Å². The molecule has 0 spiro atoms. The molecule has 1 N–H and O–H groups in total. The topological polar surface area (TPSA) is 54.5 Å². The van der Waals surface area contributed by atoms with E-state index < -0.39 is 0 Å². The fraction of sp³-hybridized carbons (Fsp3) is 0.222. The maximum absolute atomic E-state index is 12.4. The Morgan fingerprint density at radius 1 is 1.17 bits per heavy atom. The average Bonchev–Trinajstić information content (AvgIpc) is 3.00. The van der Waals surface area contributed by atoms with Crippen LogP contribution in [0.25, 0.3) is 10.2 Å². The van der Waals surface area contributed by atoms with Crippen LogP contribution in [-0.4, -0.2) is 32.1 Å². The van der Waals surface area contributed by atoms with Crippen molar-refractivity contribution in [2.75, 3.05) is 31.4 Å². The molecule has 2 aromatic carbocycles. The number of carbonyl (C=O) groups excluding carboxylic acids is 1. The zero-order valence-corrected chi connectivity index (χ0v) is 14.9. The average molecular weight is 341 g/mol. The van der Waals surface area contributed by atoms with E-state index in [0.29, 0.717) is 16.4 Å². The minimum Gasteiger partial charge on any atom is -0.494 e. The van der Waals surface area contributed by atoms with Crippen molar-refractivity contribution in [2.45, 2.75) is 6.92 Å². The number of benzene rings is 2. The second kappa shape index (κ2) is 6.49. The molecule has 0 aliphatic carbocycles. The summed E-state index contributed by atoms with van der Waals surface area (Å²) in [7, 11) is 5.55. The first-order valence-corrected chi connectivity index (χ1v) is 8.34. The lowest BCUT2D eigenvalue weighted by atomic mass is 10.2. The molecule has 0 unspecified atom stereocenters. The van der Waals surface area contributed by atoms with E-state index in [0.717, 1.165) is 21.5 Å². The number of anilines is 2. The molecule has 1 amide bonds. The molecule has 0 aliphatic rings. The van der Waals surface area contributed by atoms with Gasteiger partial charge in [-0.2, -0.15) is 0 Å². The molecule has 0 saturated heterocycles. The predicted molar refractivity (Wildman–Crippen MR) is 99.6 cm³/mol. The van der Waals surface area contributed by atoms with Gasteiger partial charge in [-0.1, -0.05) is 17.4 Å². The van der Waals surface area contributed by atoms with Gasteiger partial charge >= 0.3 is 0 Å². The van der Waals surface area contributed by atoms with E-state index in [-0.39, 0.29) is 5.91 Å². The number of aryl methyl sites for hydroxylation is 1. The summed E-state index contributed by atoms with van der Waals surface area (Å²) in [5, 5.41) is 3.44. The van der Waals surface area contributed by atoms with Crippen LogP contribution in [0.4, 0.5) is 10.8 Å². The van der Waals surface area contributed by atoms with Gasteiger partial charge in [-0.25, -0.2) is 4.98 Å². The molecule has 0 saturated carbocycles. The Hall–Kier alpha value is -2.60. The Morgan fingerprint density at radius 2 is 1.88 bits per heavy atom. The third-order valence-corrected chi connectivity index (χ3v) is 4.90. The number of thiazole rings is 1. The van der Waals surface area contributed by atoms with Gasteiger partial charge in [-0.3, -0.25) is 10.1 Å². The fourth-order valence-electron chi connectivity index (χ4n) is 2.41. The molecule has 3 aromatic rings. The number of carbonyl (C=O) groups is 1. The standard InChI is InChI=1S/C18H19N3O2S/c1-11-5-10-14(23-4)15-16(11)24-18(19-15)20-17(22)12-6-8-13(9-7-12)21(2)3/h5-10H,1-4H3,(H,19,20,22). The van der Waals surface area contributed by atoms with Crippen LogP contribution in [0.1, 0.15) is 15.9 Å². The Bertz CT molecular complexity index is 885. The zero-order valence-electron chi connectivity index (χ0n) is 14.1. The quantitative estimate of drug-likeness (QED) is 0.781. The van der Waals surface area contributed by atoms with Crippen LogP contribution in [0, 0.1) is 6.92 Å². The number of fused-ring (bicyclic) bond motifs is 1. The first kappa shape index (κ1) is 16.3. The zero-order chi connectivity index (χ0) is 17.3. The Labute approximate surface area is 144 Å².